The lowest BCUT2D eigenvalue weighted by Crippen LogP contribution is -2.54. The van der Waals surface area contributed by atoms with Crippen molar-refractivity contribution in [2.75, 3.05) is 0 Å². The molecule has 3 N–H and O–H groups in total. The highest BCUT2D eigenvalue weighted by Crippen LogP contribution is 2.39. The van der Waals surface area contributed by atoms with E-state index in [1.807, 2.05) is 13.8 Å². The minimum atomic E-state index is 0. The molecule has 2 aliphatic rings. The highest BCUT2D eigenvalue weighted by Gasteiger charge is 2.39. The molecule has 130 valence electrons. The maximum atomic E-state index is 12.4. The zero-order valence-electron chi connectivity index (χ0n) is 13.7. The summed E-state index contributed by atoms with van der Waals surface area (Å²) in [5.41, 5.74) is 7.76. The Labute approximate surface area is 148 Å². The number of hydrogen-bond acceptors (Lipinski definition) is 3. The fraction of sp³-hybridized carbons (Fsp3) is 0.750. The van der Waals surface area contributed by atoms with Gasteiger partial charge in [-0.05, 0) is 51.4 Å². The van der Waals surface area contributed by atoms with E-state index in [0.717, 1.165) is 24.2 Å². The van der Waals surface area contributed by atoms with Gasteiger partial charge in [-0.25, -0.2) is 0 Å². The van der Waals surface area contributed by atoms with Gasteiger partial charge in [0.1, 0.15) is 6.54 Å². The molecule has 7 heteroatoms. The molecule has 1 aromatic rings. The number of hydrogen-bond donors (Lipinski definition) is 2. The number of rotatable bonds is 3. The first kappa shape index (κ1) is 18.6. The first-order valence-electron chi connectivity index (χ1n) is 8.20. The molecule has 0 aromatic carbocycles. The van der Waals surface area contributed by atoms with Gasteiger partial charge >= 0.3 is 0 Å². The Morgan fingerprint density at radius 2 is 1.96 bits per heavy atom. The van der Waals surface area contributed by atoms with Crippen LogP contribution in [0.3, 0.4) is 0 Å². The van der Waals surface area contributed by atoms with Gasteiger partial charge in [0.15, 0.2) is 0 Å². The van der Waals surface area contributed by atoms with E-state index in [2.05, 4.69) is 10.4 Å². The monoisotopic (exact) mass is 360 g/mol. The number of nitrogens with one attached hydrogen (secondary N) is 1. The van der Waals surface area contributed by atoms with Gasteiger partial charge in [0.05, 0.1) is 16.4 Å². The number of carbonyl (C=O) groups excluding carboxylic acids is 1. The normalized spacial score (nSPS) is 29.7. The van der Waals surface area contributed by atoms with Gasteiger partial charge in [-0.3, -0.25) is 9.48 Å². The quantitative estimate of drug-likeness (QED) is 0.869. The highest BCUT2D eigenvalue weighted by atomic mass is 35.5. The summed E-state index contributed by atoms with van der Waals surface area (Å²) < 4.78 is 1.69. The number of nitrogens with zero attached hydrogens (tertiary/aromatic N) is 2. The van der Waals surface area contributed by atoms with E-state index in [1.165, 1.54) is 19.3 Å². The number of amides is 1. The maximum absolute atomic E-state index is 12.4. The van der Waals surface area contributed by atoms with Crippen molar-refractivity contribution in [2.45, 2.75) is 64.6 Å². The third-order valence-corrected chi connectivity index (χ3v) is 5.84. The van der Waals surface area contributed by atoms with Gasteiger partial charge in [0.2, 0.25) is 5.91 Å². The number of nitrogens with two attached hydrogens (primary N) is 1. The second-order valence-electron chi connectivity index (χ2n) is 6.92. The third-order valence-electron chi connectivity index (χ3n) is 5.29. The molecule has 0 spiro atoms. The molecule has 5 nitrogen and oxygen atoms in total. The second kappa shape index (κ2) is 7.41. The first-order chi connectivity index (χ1) is 10.5. The van der Waals surface area contributed by atoms with Crippen LogP contribution >= 0.6 is 24.0 Å². The summed E-state index contributed by atoms with van der Waals surface area (Å²) in [6.07, 6.45) is 5.70. The van der Waals surface area contributed by atoms with Gasteiger partial charge < -0.3 is 11.1 Å². The van der Waals surface area contributed by atoms with Crippen molar-refractivity contribution in [3.05, 3.63) is 16.4 Å². The Morgan fingerprint density at radius 3 is 2.48 bits per heavy atom. The van der Waals surface area contributed by atoms with E-state index >= 15 is 0 Å². The molecule has 2 fully saturated rings. The largest absolute Gasteiger partial charge is 0.351 e. The number of fused-ring (bicyclic) bond motifs is 2. The molecular weight excluding hydrogens is 335 g/mol. The lowest BCUT2D eigenvalue weighted by molar-refractivity contribution is -0.124. The summed E-state index contributed by atoms with van der Waals surface area (Å²) in [6.45, 7) is 3.99. The van der Waals surface area contributed by atoms with Gasteiger partial charge in [-0.1, -0.05) is 18.0 Å². The average molecular weight is 361 g/mol. The molecule has 2 bridgehead atoms. The Morgan fingerprint density at radius 1 is 1.35 bits per heavy atom. The second-order valence-corrected chi connectivity index (χ2v) is 7.30. The molecule has 2 saturated carbocycles. The SMILES string of the molecule is Cc1nn(CC(=O)NC2C3CCCC2CC(N)C3)c(C)c1Cl.Cl. The topological polar surface area (TPSA) is 72.9 Å². The highest BCUT2D eigenvalue weighted by molar-refractivity contribution is 6.31. The summed E-state index contributed by atoms with van der Waals surface area (Å²) in [7, 11) is 0. The van der Waals surface area contributed by atoms with E-state index in [-0.39, 0.29) is 30.9 Å². The summed E-state index contributed by atoms with van der Waals surface area (Å²) >= 11 is 6.14. The Balaban J connectivity index is 0.00000192. The fourth-order valence-electron chi connectivity index (χ4n) is 4.22. The predicted octanol–water partition coefficient (Wildman–Crippen LogP) is 2.60. The zero-order chi connectivity index (χ0) is 15.9. The Bertz CT molecular complexity index is 561. The average Bonchev–Trinajstić information content (AvgIpc) is 2.67. The molecule has 0 aliphatic heterocycles. The van der Waals surface area contributed by atoms with Gasteiger partial charge in [0, 0.05) is 12.1 Å². The van der Waals surface area contributed by atoms with E-state index in [4.69, 9.17) is 17.3 Å². The lowest BCUT2D eigenvalue weighted by atomic mass is 9.67. The van der Waals surface area contributed by atoms with E-state index < -0.39 is 0 Å². The van der Waals surface area contributed by atoms with Crippen molar-refractivity contribution in [1.29, 1.82) is 0 Å². The molecule has 1 amide bonds. The smallest absolute Gasteiger partial charge is 0.241 e. The van der Waals surface area contributed by atoms with Crippen molar-refractivity contribution in [3.63, 3.8) is 0 Å². The molecule has 3 rings (SSSR count). The van der Waals surface area contributed by atoms with Crippen LogP contribution < -0.4 is 11.1 Å². The summed E-state index contributed by atoms with van der Waals surface area (Å²) in [4.78, 5) is 12.4. The van der Waals surface area contributed by atoms with Crippen molar-refractivity contribution in [1.82, 2.24) is 15.1 Å². The summed E-state index contributed by atoms with van der Waals surface area (Å²) in [5.74, 6) is 1.10. The van der Waals surface area contributed by atoms with E-state index in [9.17, 15) is 4.79 Å². The third kappa shape index (κ3) is 3.83. The van der Waals surface area contributed by atoms with Crippen LogP contribution in [0.5, 0.6) is 0 Å². The van der Waals surface area contributed by atoms with Crippen LogP contribution in [0.2, 0.25) is 5.02 Å². The van der Waals surface area contributed by atoms with Crippen LogP contribution in [0, 0.1) is 25.7 Å². The van der Waals surface area contributed by atoms with Gasteiger partial charge in [-0.2, -0.15) is 5.10 Å². The molecule has 23 heavy (non-hydrogen) atoms. The molecular formula is C16H26Cl2N4O. The minimum absolute atomic E-state index is 0. The lowest BCUT2D eigenvalue weighted by Gasteiger charge is -2.45. The number of aryl methyl sites for hydroxylation is 1. The number of carbonyl (C=O) groups is 1. The number of halogens is 2. The maximum Gasteiger partial charge on any atom is 0.241 e. The van der Waals surface area contributed by atoms with Crippen molar-refractivity contribution in [3.8, 4) is 0 Å². The van der Waals surface area contributed by atoms with E-state index in [0.29, 0.717) is 22.9 Å². The van der Waals surface area contributed by atoms with Crippen LogP contribution in [0.15, 0.2) is 0 Å². The molecule has 1 heterocycles. The van der Waals surface area contributed by atoms with Gasteiger partial charge in [-0.15, -0.1) is 12.4 Å². The zero-order valence-corrected chi connectivity index (χ0v) is 15.3. The van der Waals surface area contributed by atoms with Crippen LogP contribution in [-0.2, 0) is 11.3 Å². The van der Waals surface area contributed by atoms with Crippen LogP contribution in [-0.4, -0.2) is 27.8 Å². The molecule has 1 aromatic heterocycles. The molecule has 2 unspecified atom stereocenters. The van der Waals surface area contributed by atoms with Crippen LogP contribution in [0.25, 0.3) is 0 Å². The van der Waals surface area contributed by atoms with Gasteiger partial charge in [0.25, 0.3) is 0 Å². The minimum Gasteiger partial charge on any atom is -0.351 e. The molecule has 2 aliphatic carbocycles. The molecule has 0 radical (unpaired) electrons. The predicted molar refractivity (Wildman–Crippen MR) is 93.9 cm³/mol. The van der Waals surface area contributed by atoms with Crippen molar-refractivity contribution < 1.29 is 4.79 Å². The fourth-order valence-corrected chi connectivity index (χ4v) is 4.36. The van der Waals surface area contributed by atoms with Crippen LogP contribution in [0.4, 0.5) is 0 Å². The van der Waals surface area contributed by atoms with Crippen LogP contribution in [0.1, 0.15) is 43.5 Å². The molecule has 2 atom stereocenters. The summed E-state index contributed by atoms with van der Waals surface area (Å²) in [6, 6.07) is 0.590. The molecule has 0 saturated heterocycles. The van der Waals surface area contributed by atoms with E-state index in [1.54, 1.807) is 4.68 Å². The van der Waals surface area contributed by atoms with Crippen molar-refractivity contribution >= 4 is 29.9 Å². The standard InChI is InChI=1S/C16H25ClN4O.ClH/c1-9-15(17)10(2)21(20-9)8-14(22)19-16-11-4-3-5-12(16)7-13(18)6-11;/h11-13,16H,3-8,18H2,1-2H3,(H,19,22);1H. The summed E-state index contributed by atoms with van der Waals surface area (Å²) in [5, 5.41) is 8.23. The van der Waals surface area contributed by atoms with Crippen molar-refractivity contribution in [2.24, 2.45) is 17.6 Å². The number of aromatic nitrogens is 2. The Kier molecular flexibility index (Phi) is 5.98. The Hall–Kier alpha value is -0.780. The first-order valence-corrected chi connectivity index (χ1v) is 8.58.